The first kappa shape index (κ1) is 17.2. The van der Waals surface area contributed by atoms with Gasteiger partial charge in [-0.3, -0.25) is 4.79 Å². The molecule has 1 aromatic heterocycles. The summed E-state index contributed by atoms with van der Waals surface area (Å²) < 4.78 is 0. The number of nitrogens with one attached hydrogen (secondary N) is 1. The molecule has 1 saturated carbocycles. The minimum atomic E-state index is -0.00173. The molecule has 1 aromatic rings. The molecular formula is C18H29N5O. The van der Waals surface area contributed by atoms with Crippen molar-refractivity contribution >= 4 is 11.7 Å². The number of hydrogen-bond acceptors (Lipinski definition) is 5. The van der Waals surface area contributed by atoms with E-state index in [1.807, 2.05) is 6.07 Å². The molecule has 24 heavy (non-hydrogen) atoms. The van der Waals surface area contributed by atoms with E-state index in [9.17, 15) is 4.79 Å². The van der Waals surface area contributed by atoms with E-state index in [1.165, 1.54) is 12.8 Å². The number of carbonyl (C=O) groups is 1. The lowest BCUT2D eigenvalue weighted by molar-refractivity contribution is 0.0908. The van der Waals surface area contributed by atoms with E-state index < -0.39 is 0 Å². The maximum absolute atomic E-state index is 12.7. The number of likely N-dealkylation sites (N-methyl/N-ethyl adjacent to an activating group) is 1. The van der Waals surface area contributed by atoms with E-state index in [4.69, 9.17) is 5.73 Å². The van der Waals surface area contributed by atoms with E-state index in [2.05, 4.69) is 27.1 Å². The molecule has 0 spiro atoms. The molecule has 1 saturated heterocycles. The van der Waals surface area contributed by atoms with Gasteiger partial charge >= 0.3 is 0 Å². The Morgan fingerprint density at radius 3 is 2.79 bits per heavy atom. The minimum absolute atomic E-state index is 0.00173. The van der Waals surface area contributed by atoms with Crippen LogP contribution in [0.5, 0.6) is 0 Å². The van der Waals surface area contributed by atoms with Crippen LogP contribution in [0.3, 0.4) is 0 Å². The van der Waals surface area contributed by atoms with Gasteiger partial charge in [0.25, 0.3) is 5.91 Å². The molecule has 2 fully saturated rings. The van der Waals surface area contributed by atoms with Crippen LogP contribution in [-0.4, -0.2) is 61.6 Å². The van der Waals surface area contributed by atoms with Gasteiger partial charge < -0.3 is 20.9 Å². The number of amides is 1. The van der Waals surface area contributed by atoms with Crippen LogP contribution in [0.4, 0.5) is 5.82 Å². The van der Waals surface area contributed by atoms with Crippen LogP contribution in [0.2, 0.25) is 0 Å². The molecule has 2 heterocycles. The predicted molar refractivity (Wildman–Crippen MR) is 96.2 cm³/mol. The van der Waals surface area contributed by atoms with E-state index in [0.29, 0.717) is 18.0 Å². The molecule has 6 nitrogen and oxygen atoms in total. The van der Waals surface area contributed by atoms with E-state index >= 15 is 0 Å². The SMILES string of the molecule is CN1CCN(c2cc(C(=O)NC3CCCCC3CN)ccn2)CC1. The van der Waals surface area contributed by atoms with Crippen LogP contribution in [0.1, 0.15) is 36.0 Å². The van der Waals surface area contributed by atoms with Crippen molar-refractivity contribution in [2.24, 2.45) is 11.7 Å². The zero-order valence-corrected chi connectivity index (χ0v) is 14.6. The highest BCUT2D eigenvalue weighted by Crippen LogP contribution is 2.24. The molecule has 2 unspecified atom stereocenters. The fourth-order valence-electron chi connectivity index (χ4n) is 3.70. The summed E-state index contributed by atoms with van der Waals surface area (Å²) in [4.78, 5) is 21.7. The Morgan fingerprint density at radius 2 is 2.04 bits per heavy atom. The van der Waals surface area contributed by atoms with Crippen LogP contribution >= 0.6 is 0 Å². The largest absolute Gasteiger partial charge is 0.354 e. The van der Waals surface area contributed by atoms with E-state index in [-0.39, 0.29) is 11.9 Å². The Kier molecular flexibility index (Phi) is 5.68. The van der Waals surface area contributed by atoms with Crippen LogP contribution in [0, 0.1) is 5.92 Å². The summed E-state index contributed by atoms with van der Waals surface area (Å²) in [6.07, 6.45) is 6.28. The number of piperazine rings is 1. The number of nitrogens with zero attached hydrogens (tertiary/aromatic N) is 3. The predicted octanol–water partition coefficient (Wildman–Crippen LogP) is 1.08. The second kappa shape index (κ2) is 7.94. The first-order valence-corrected chi connectivity index (χ1v) is 9.08. The average molecular weight is 331 g/mol. The van der Waals surface area contributed by atoms with Gasteiger partial charge in [0.2, 0.25) is 0 Å². The summed E-state index contributed by atoms with van der Waals surface area (Å²) in [5, 5.41) is 3.20. The third-order valence-corrected chi connectivity index (χ3v) is 5.36. The Bertz CT molecular complexity index is 556. The Hall–Kier alpha value is -1.66. The third kappa shape index (κ3) is 4.05. The van der Waals surface area contributed by atoms with Gasteiger partial charge in [-0.1, -0.05) is 12.8 Å². The summed E-state index contributed by atoms with van der Waals surface area (Å²) in [5.74, 6) is 1.30. The van der Waals surface area contributed by atoms with Crippen LogP contribution in [-0.2, 0) is 0 Å². The van der Waals surface area contributed by atoms with Crippen LogP contribution in [0.25, 0.3) is 0 Å². The standard InChI is InChI=1S/C18H29N5O/c1-22-8-10-23(11-9-22)17-12-14(6-7-20-17)18(24)21-16-5-3-2-4-15(16)13-19/h6-7,12,15-16H,2-5,8-11,13,19H2,1H3,(H,21,24). The van der Waals surface area contributed by atoms with Gasteiger partial charge in [-0.2, -0.15) is 0 Å². The molecule has 1 aliphatic heterocycles. The molecule has 1 aliphatic carbocycles. The second-order valence-electron chi connectivity index (χ2n) is 7.05. The fourth-order valence-corrected chi connectivity index (χ4v) is 3.70. The Morgan fingerprint density at radius 1 is 1.29 bits per heavy atom. The van der Waals surface area contributed by atoms with Crippen molar-refractivity contribution in [2.75, 3.05) is 44.7 Å². The highest BCUT2D eigenvalue weighted by molar-refractivity contribution is 5.95. The van der Waals surface area contributed by atoms with Crippen molar-refractivity contribution in [3.05, 3.63) is 23.9 Å². The molecule has 2 atom stereocenters. The average Bonchev–Trinajstić information content (AvgIpc) is 2.63. The number of hydrogen-bond donors (Lipinski definition) is 2. The lowest BCUT2D eigenvalue weighted by Crippen LogP contribution is -2.45. The lowest BCUT2D eigenvalue weighted by atomic mass is 9.84. The highest BCUT2D eigenvalue weighted by atomic mass is 16.1. The number of nitrogens with two attached hydrogens (primary N) is 1. The zero-order valence-electron chi connectivity index (χ0n) is 14.6. The summed E-state index contributed by atoms with van der Waals surface area (Å²) >= 11 is 0. The first-order valence-electron chi connectivity index (χ1n) is 9.08. The maximum Gasteiger partial charge on any atom is 0.251 e. The number of pyridine rings is 1. The molecule has 0 radical (unpaired) electrons. The summed E-state index contributed by atoms with van der Waals surface area (Å²) in [6.45, 7) is 4.60. The molecule has 132 valence electrons. The number of carbonyl (C=O) groups excluding carboxylic acids is 1. The van der Waals surface area contributed by atoms with Crippen molar-refractivity contribution in [1.82, 2.24) is 15.2 Å². The number of anilines is 1. The van der Waals surface area contributed by atoms with E-state index in [0.717, 1.165) is 44.8 Å². The molecule has 3 N–H and O–H groups in total. The first-order chi connectivity index (χ1) is 11.7. The smallest absolute Gasteiger partial charge is 0.251 e. The minimum Gasteiger partial charge on any atom is -0.354 e. The van der Waals surface area contributed by atoms with Crippen molar-refractivity contribution < 1.29 is 4.79 Å². The summed E-state index contributed by atoms with van der Waals surface area (Å²) in [5.41, 5.74) is 6.56. The van der Waals surface area contributed by atoms with Crippen LogP contribution < -0.4 is 16.0 Å². The van der Waals surface area contributed by atoms with Crippen molar-refractivity contribution in [1.29, 1.82) is 0 Å². The molecular weight excluding hydrogens is 302 g/mol. The monoisotopic (exact) mass is 331 g/mol. The molecule has 3 rings (SSSR count). The fraction of sp³-hybridized carbons (Fsp3) is 0.667. The molecule has 2 aliphatic rings. The van der Waals surface area contributed by atoms with Crippen molar-refractivity contribution in [2.45, 2.75) is 31.7 Å². The maximum atomic E-state index is 12.7. The zero-order chi connectivity index (χ0) is 16.9. The van der Waals surface area contributed by atoms with Gasteiger partial charge in [0.15, 0.2) is 0 Å². The van der Waals surface area contributed by atoms with Gasteiger partial charge in [-0.25, -0.2) is 4.98 Å². The van der Waals surface area contributed by atoms with Gasteiger partial charge in [0.1, 0.15) is 5.82 Å². The van der Waals surface area contributed by atoms with E-state index in [1.54, 1.807) is 12.3 Å². The lowest BCUT2D eigenvalue weighted by Gasteiger charge is -2.33. The molecule has 1 amide bonds. The number of rotatable bonds is 4. The second-order valence-corrected chi connectivity index (χ2v) is 7.05. The van der Waals surface area contributed by atoms with Crippen LogP contribution in [0.15, 0.2) is 18.3 Å². The highest BCUT2D eigenvalue weighted by Gasteiger charge is 2.26. The quantitative estimate of drug-likeness (QED) is 0.864. The van der Waals surface area contributed by atoms with Gasteiger partial charge in [-0.15, -0.1) is 0 Å². The van der Waals surface area contributed by atoms with Gasteiger partial charge in [-0.05, 0) is 44.5 Å². The Labute approximate surface area is 144 Å². The topological polar surface area (TPSA) is 74.5 Å². The Balaban J connectivity index is 1.65. The normalized spacial score (nSPS) is 25.5. The summed E-state index contributed by atoms with van der Waals surface area (Å²) in [7, 11) is 2.13. The molecule has 0 bridgehead atoms. The van der Waals surface area contributed by atoms with Gasteiger partial charge in [0.05, 0.1) is 0 Å². The van der Waals surface area contributed by atoms with Crippen molar-refractivity contribution in [3.8, 4) is 0 Å². The van der Waals surface area contributed by atoms with Gasteiger partial charge in [0, 0.05) is 44.0 Å². The molecule has 0 aromatic carbocycles. The van der Waals surface area contributed by atoms with Crippen molar-refractivity contribution in [3.63, 3.8) is 0 Å². The molecule has 6 heteroatoms. The summed E-state index contributed by atoms with van der Waals surface area (Å²) in [6, 6.07) is 3.92. The third-order valence-electron chi connectivity index (χ3n) is 5.36. The number of aromatic nitrogens is 1.